The van der Waals surface area contributed by atoms with E-state index in [4.69, 9.17) is 0 Å². The SMILES string of the molecule is CC1CN(CCCC(=O)N(C)C)CCC1=O. The molecule has 1 heterocycles. The Morgan fingerprint density at radius 1 is 1.50 bits per heavy atom. The minimum Gasteiger partial charge on any atom is -0.349 e. The number of rotatable bonds is 4. The lowest BCUT2D eigenvalue weighted by Gasteiger charge is -2.29. The fourth-order valence-electron chi connectivity index (χ4n) is 1.98. The van der Waals surface area contributed by atoms with Gasteiger partial charge in [0.05, 0.1) is 0 Å². The van der Waals surface area contributed by atoms with Crippen LogP contribution in [0.5, 0.6) is 0 Å². The van der Waals surface area contributed by atoms with Crippen LogP contribution >= 0.6 is 0 Å². The lowest BCUT2D eigenvalue weighted by molar-refractivity contribution is -0.129. The van der Waals surface area contributed by atoms with E-state index >= 15 is 0 Å². The Hall–Kier alpha value is -0.900. The average molecular weight is 226 g/mol. The molecule has 0 N–H and O–H groups in total. The number of amides is 1. The van der Waals surface area contributed by atoms with Gasteiger partial charge in [0, 0.05) is 45.9 Å². The van der Waals surface area contributed by atoms with Crippen LogP contribution in [0, 0.1) is 5.92 Å². The summed E-state index contributed by atoms with van der Waals surface area (Å²) in [7, 11) is 3.56. The highest BCUT2D eigenvalue weighted by Gasteiger charge is 2.22. The number of hydrogen-bond acceptors (Lipinski definition) is 3. The topological polar surface area (TPSA) is 40.6 Å². The number of carbonyl (C=O) groups is 2. The van der Waals surface area contributed by atoms with Gasteiger partial charge in [0.15, 0.2) is 0 Å². The predicted octanol–water partition coefficient (Wildman–Crippen LogP) is 0.766. The monoisotopic (exact) mass is 226 g/mol. The summed E-state index contributed by atoms with van der Waals surface area (Å²) in [5, 5.41) is 0. The van der Waals surface area contributed by atoms with Gasteiger partial charge in [0.2, 0.25) is 5.91 Å². The van der Waals surface area contributed by atoms with Crippen molar-refractivity contribution in [1.82, 2.24) is 9.80 Å². The largest absolute Gasteiger partial charge is 0.349 e. The molecule has 4 nitrogen and oxygen atoms in total. The molecule has 1 aliphatic heterocycles. The molecule has 1 unspecified atom stereocenters. The van der Waals surface area contributed by atoms with Gasteiger partial charge in [-0.15, -0.1) is 0 Å². The maximum absolute atomic E-state index is 11.4. The molecule has 1 saturated heterocycles. The Balaban J connectivity index is 2.19. The molecular formula is C12H22N2O2. The molecule has 0 aromatic carbocycles. The summed E-state index contributed by atoms with van der Waals surface area (Å²) in [5.74, 6) is 0.722. The first kappa shape index (κ1) is 13.2. The second kappa shape index (κ2) is 5.99. The highest BCUT2D eigenvalue weighted by atomic mass is 16.2. The van der Waals surface area contributed by atoms with Gasteiger partial charge in [0.1, 0.15) is 5.78 Å². The van der Waals surface area contributed by atoms with Crippen molar-refractivity contribution in [3.63, 3.8) is 0 Å². The Kier molecular flexibility index (Phi) is 4.93. The third kappa shape index (κ3) is 3.93. The van der Waals surface area contributed by atoms with Crippen LogP contribution in [0.2, 0.25) is 0 Å². The van der Waals surface area contributed by atoms with Crippen molar-refractivity contribution in [2.75, 3.05) is 33.7 Å². The molecule has 0 aromatic rings. The lowest BCUT2D eigenvalue weighted by Crippen LogP contribution is -2.40. The maximum atomic E-state index is 11.4. The molecule has 1 rings (SSSR count). The summed E-state index contributed by atoms with van der Waals surface area (Å²) >= 11 is 0. The first-order chi connectivity index (χ1) is 7.50. The summed E-state index contributed by atoms with van der Waals surface area (Å²) in [6.07, 6.45) is 2.16. The van der Waals surface area contributed by atoms with E-state index in [-0.39, 0.29) is 11.8 Å². The second-order valence-electron chi connectivity index (χ2n) is 4.81. The van der Waals surface area contributed by atoms with Crippen molar-refractivity contribution in [3.8, 4) is 0 Å². The van der Waals surface area contributed by atoms with Gasteiger partial charge >= 0.3 is 0 Å². The van der Waals surface area contributed by atoms with E-state index in [1.807, 2.05) is 6.92 Å². The van der Waals surface area contributed by atoms with Gasteiger partial charge in [-0.2, -0.15) is 0 Å². The van der Waals surface area contributed by atoms with Crippen molar-refractivity contribution in [2.24, 2.45) is 5.92 Å². The normalized spacial score (nSPS) is 22.2. The summed E-state index contributed by atoms with van der Waals surface area (Å²) in [6, 6.07) is 0. The maximum Gasteiger partial charge on any atom is 0.222 e. The molecule has 4 heteroatoms. The molecule has 0 spiro atoms. The van der Waals surface area contributed by atoms with Gasteiger partial charge in [-0.3, -0.25) is 9.59 Å². The van der Waals surface area contributed by atoms with Gasteiger partial charge in [0.25, 0.3) is 0 Å². The van der Waals surface area contributed by atoms with Gasteiger partial charge < -0.3 is 9.80 Å². The number of ketones is 1. The van der Waals surface area contributed by atoms with Gasteiger partial charge in [-0.1, -0.05) is 6.92 Å². The van der Waals surface area contributed by atoms with Crippen LogP contribution in [0.25, 0.3) is 0 Å². The zero-order chi connectivity index (χ0) is 12.1. The van der Waals surface area contributed by atoms with Gasteiger partial charge in [-0.25, -0.2) is 0 Å². The smallest absolute Gasteiger partial charge is 0.222 e. The molecule has 0 bridgehead atoms. The van der Waals surface area contributed by atoms with Crippen molar-refractivity contribution < 1.29 is 9.59 Å². The summed E-state index contributed by atoms with van der Waals surface area (Å²) < 4.78 is 0. The number of hydrogen-bond donors (Lipinski definition) is 0. The fraction of sp³-hybridized carbons (Fsp3) is 0.833. The zero-order valence-corrected chi connectivity index (χ0v) is 10.5. The lowest BCUT2D eigenvalue weighted by atomic mass is 9.98. The van der Waals surface area contributed by atoms with Crippen LogP contribution in [0.1, 0.15) is 26.2 Å². The van der Waals surface area contributed by atoms with E-state index in [9.17, 15) is 9.59 Å². The first-order valence-electron chi connectivity index (χ1n) is 5.96. The van der Waals surface area contributed by atoms with E-state index in [1.165, 1.54) is 0 Å². The first-order valence-corrected chi connectivity index (χ1v) is 5.96. The average Bonchev–Trinajstić information content (AvgIpc) is 2.23. The van der Waals surface area contributed by atoms with Crippen LogP contribution < -0.4 is 0 Å². The molecule has 0 saturated carbocycles. The van der Waals surface area contributed by atoms with Crippen molar-refractivity contribution >= 4 is 11.7 Å². The van der Waals surface area contributed by atoms with Crippen LogP contribution in [-0.2, 0) is 9.59 Å². The van der Waals surface area contributed by atoms with Crippen molar-refractivity contribution in [2.45, 2.75) is 26.2 Å². The quantitative estimate of drug-likeness (QED) is 0.711. The molecule has 0 radical (unpaired) electrons. The minimum absolute atomic E-state index is 0.165. The zero-order valence-electron chi connectivity index (χ0n) is 10.5. The molecule has 0 aromatic heterocycles. The summed E-state index contributed by atoms with van der Waals surface area (Å²) in [6.45, 7) is 4.63. The van der Waals surface area contributed by atoms with E-state index in [1.54, 1.807) is 19.0 Å². The number of carbonyl (C=O) groups excluding carboxylic acids is 2. The highest BCUT2D eigenvalue weighted by Crippen LogP contribution is 2.12. The van der Waals surface area contributed by atoms with Crippen LogP contribution in [0.4, 0.5) is 0 Å². The third-order valence-corrected chi connectivity index (χ3v) is 3.12. The third-order valence-electron chi connectivity index (χ3n) is 3.12. The summed E-state index contributed by atoms with van der Waals surface area (Å²) in [4.78, 5) is 26.6. The molecule has 1 amide bonds. The van der Waals surface area contributed by atoms with Crippen LogP contribution in [0.15, 0.2) is 0 Å². The standard InChI is InChI=1S/C12H22N2O2/c1-10-9-14(8-6-11(10)15)7-4-5-12(16)13(2)3/h10H,4-9H2,1-3H3. The number of Topliss-reactive ketones (excluding diaryl/α,β-unsaturated/α-hetero) is 1. The van der Waals surface area contributed by atoms with Crippen LogP contribution in [-0.4, -0.2) is 55.2 Å². The Morgan fingerprint density at radius 3 is 2.75 bits per heavy atom. The second-order valence-corrected chi connectivity index (χ2v) is 4.81. The molecule has 0 aliphatic carbocycles. The Morgan fingerprint density at radius 2 is 2.19 bits per heavy atom. The number of piperidine rings is 1. The molecule has 1 atom stereocenters. The minimum atomic E-state index is 0.165. The van der Waals surface area contributed by atoms with E-state index in [0.717, 1.165) is 26.1 Å². The predicted molar refractivity (Wildman–Crippen MR) is 63.2 cm³/mol. The number of nitrogens with zero attached hydrogens (tertiary/aromatic N) is 2. The molecule has 1 fully saturated rings. The van der Waals surface area contributed by atoms with E-state index in [0.29, 0.717) is 18.6 Å². The molecule has 16 heavy (non-hydrogen) atoms. The highest BCUT2D eigenvalue weighted by molar-refractivity contribution is 5.81. The Bertz CT molecular complexity index is 264. The fourth-order valence-corrected chi connectivity index (χ4v) is 1.98. The van der Waals surface area contributed by atoms with E-state index < -0.39 is 0 Å². The molecule has 1 aliphatic rings. The Labute approximate surface area is 97.6 Å². The number of likely N-dealkylation sites (tertiary alicyclic amines) is 1. The van der Waals surface area contributed by atoms with Crippen molar-refractivity contribution in [1.29, 1.82) is 0 Å². The van der Waals surface area contributed by atoms with Crippen LogP contribution in [0.3, 0.4) is 0 Å². The van der Waals surface area contributed by atoms with Crippen molar-refractivity contribution in [3.05, 3.63) is 0 Å². The van der Waals surface area contributed by atoms with Gasteiger partial charge in [-0.05, 0) is 13.0 Å². The molecule has 92 valence electrons. The van der Waals surface area contributed by atoms with E-state index in [2.05, 4.69) is 4.90 Å². The molecular weight excluding hydrogens is 204 g/mol. The summed E-state index contributed by atoms with van der Waals surface area (Å²) in [5.41, 5.74) is 0.